The highest BCUT2D eigenvalue weighted by atomic mass is 16.4. The SMILES string of the molecule is C/C=C/C=C/C(C)=C\C(=O)O. The Hall–Kier alpha value is -1.31. The van der Waals surface area contributed by atoms with Crippen molar-refractivity contribution >= 4 is 5.97 Å². The summed E-state index contributed by atoms with van der Waals surface area (Å²) in [6.45, 7) is 3.65. The van der Waals surface area contributed by atoms with E-state index in [1.807, 2.05) is 19.1 Å². The molecule has 0 saturated carbocycles. The highest BCUT2D eigenvalue weighted by Crippen LogP contribution is 1.94. The van der Waals surface area contributed by atoms with Crippen molar-refractivity contribution in [2.75, 3.05) is 0 Å². The Labute approximate surface area is 66.5 Å². The molecule has 0 aliphatic carbocycles. The number of carboxylic acids is 1. The van der Waals surface area contributed by atoms with Crippen molar-refractivity contribution < 1.29 is 9.90 Å². The Morgan fingerprint density at radius 1 is 1.36 bits per heavy atom. The fourth-order valence-corrected chi connectivity index (χ4v) is 0.561. The van der Waals surface area contributed by atoms with Crippen LogP contribution in [0, 0.1) is 0 Å². The average molecular weight is 152 g/mol. The average Bonchev–Trinajstić information content (AvgIpc) is 1.86. The fourth-order valence-electron chi connectivity index (χ4n) is 0.561. The Bertz CT molecular complexity index is 210. The van der Waals surface area contributed by atoms with Gasteiger partial charge in [0.2, 0.25) is 0 Å². The van der Waals surface area contributed by atoms with E-state index in [2.05, 4.69) is 0 Å². The van der Waals surface area contributed by atoms with Gasteiger partial charge in [-0.2, -0.15) is 0 Å². The molecule has 0 atom stereocenters. The van der Waals surface area contributed by atoms with Crippen LogP contribution >= 0.6 is 0 Å². The van der Waals surface area contributed by atoms with Crippen molar-refractivity contribution in [2.45, 2.75) is 13.8 Å². The smallest absolute Gasteiger partial charge is 0.328 e. The maximum Gasteiger partial charge on any atom is 0.328 e. The van der Waals surface area contributed by atoms with Crippen LogP contribution in [0.15, 0.2) is 36.0 Å². The molecule has 0 fully saturated rings. The minimum atomic E-state index is -0.910. The third-order valence-corrected chi connectivity index (χ3v) is 1.01. The number of hydrogen-bond acceptors (Lipinski definition) is 1. The van der Waals surface area contributed by atoms with Gasteiger partial charge in [-0.3, -0.25) is 0 Å². The van der Waals surface area contributed by atoms with E-state index in [1.165, 1.54) is 6.08 Å². The van der Waals surface area contributed by atoms with Crippen LogP contribution < -0.4 is 0 Å². The Balaban J connectivity index is 4.05. The van der Waals surface area contributed by atoms with Gasteiger partial charge in [-0.1, -0.05) is 24.3 Å². The minimum absolute atomic E-state index is 0.732. The lowest BCUT2D eigenvalue weighted by molar-refractivity contribution is -0.131. The number of rotatable bonds is 3. The summed E-state index contributed by atoms with van der Waals surface area (Å²) in [6, 6.07) is 0. The third kappa shape index (κ3) is 6.58. The fraction of sp³-hybridized carbons (Fsp3) is 0.222. The maximum atomic E-state index is 10.1. The van der Waals surface area contributed by atoms with Gasteiger partial charge in [0.25, 0.3) is 0 Å². The molecule has 0 spiro atoms. The van der Waals surface area contributed by atoms with E-state index < -0.39 is 5.97 Å². The number of allylic oxidation sites excluding steroid dienone is 5. The van der Waals surface area contributed by atoms with E-state index >= 15 is 0 Å². The van der Waals surface area contributed by atoms with Gasteiger partial charge in [-0.25, -0.2) is 4.79 Å². The number of carbonyl (C=O) groups is 1. The summed E-state index contributed by atoms with van der Waals surface area (Å²) in [5.41, 5.74) is 0.732. The molecule has 0 aliphatic rings. The lowest BCUT2D eigenvalue weighted by Crippen LogP contribution is -1.87. The summed E-state index contributed by atoms with van der Waals surface area (Å²) < 4.78 is 0. The second-order valence-corrected chi connectivity index (χ2v) is 2.11. The second kappa shape index (κ2) is 5.47. The quantitative estimate of drug-likeness (QED) is 0.497. The molecule has 0 unspecified atom stereocenters. The zero-order valence-electron chi connectivity index (χ0n) is 6.74. The highest BCUT2D eigenvalue weighted by Gasteiger charge is 1.87. The normalized spacial score (nSPS) is 13.1. The summed E-state index contributed by atoms with van der Waals surface area (Å²) in [5.74, 6) is -0.910. The molecule has 0 aromatic heterocycles. The largest absolute Gasteiger partial charge is 0.478 e. The number of carboxylic acid groups (broad SMARTS) is 1. The van der Waals surface area contributed by atoms with E-state index in [9.17, 15) is 4.79 Å². The number of aliphatic carboxylic acids is 1. The van der Waals surface area contributed by atoms with Gasteiger partial charge in [0, 0.05) is 6.08 Å². The van der Waals surface area contributed by atoms with Gasteiger partial charge in [0.05, 0.1) is 0 Å². The van der Waals surface area contributed by atoms with Crippen molar-refractivity contribution in [3.05, 3.63) is 36.0 Å². The minimum Gasteiger partial charge on any atom is -0.478 e. The van der Waals surface area contributed by atoms with Crippen LogP contribution in [0.1, 0.15) is 13.8 Å². The van der Waals surface area contributed by atoms with Crippen molar-refractivity contribution in [1.82, 2.24) is 0 Å². The maximum absolute atomic E-state index is 10.1. The molecule has 0 saturated heterocycles. The van der Waals surface area contributed by atoms with E-state index in [4.69, 9.17) is 5.11 Å². The molecule has 0 heterocycles. The topological polar surface area (TPSA) is 37.3 Å². The molecule has 2 nitrogen and oxygen atoms in total. The van der Waals surface area contributed by atoms with Gasteiger partial charge in [0.15, 0.2) is 0 Å². The van der Waals surface area contributed by atoms with Crippen molar-refractivity contribution in [2.24, 2.45) is 0 Å². The molecule has 0 radical (unpaired) electrons. The lowest BCUT2D eigenvalue weighted by Gasteiger charge is -1.85. The van der Waals surface area contributed by atoms with Gasteiger partial charge in [0.1, 0.15) is 0 Å². The van der Waals surface area contributed by atoms with Crippen LogP contribution in [-0.4, -0.2) is 11.1 Å². The van der Waals surface area contributed by atoms with Crippen molar-refractivity contribution in [3.63, 3.8) is 0 Å². The first-order valence-corrected chi connectivity index (χ1v) is 3.37. The first-order chi connectivity index (χ1) is 5.16. The summed E-state index contributed by atoms with van der Waals surface area (Å²) in [4.78, 5) is 10.1. The van der Waals surface area contributed by atoms with Crippen molar-refractivity contribution in [3.8, 4) is 0 Å². The first kappa shape index (κ1) is 9.69. The zero-order chi connectivity index (χ0) is 8.69. The predicted molar refractivity (Wildman–Crippen MR) is 45.3 cm³/mol. The van der Waals surface area contributed by atoms with E-state index in [-0.39, 0.29) is 0 Å². The van der Waals surface area contributed by atoms with Crippen LogP contribution in [-0.2, 0) is 4.79 Å². The molecule has 11 heavy (non-hydrogen) atoms. The first-order valence-electron chi connectivity index (χ1n) is 3.37. The summed E-state index contributed by atoms with van der Waals surface area (Å²) in [6.07, 6.45) is 8.44. The summed E-state index contributed by atoms with van der Waals surface area (Å²) in [7, 11) is 0. The van der Waals surface area contributed by atoms with Crippen molar-refractivity contribution in [1.29, 1.82) is 0 Å². The van der Waals surface area contributed by atoms with Crippen LogP contribution in [0.4, 0.5) is 0 Å². The molecule has 0 bridgehead atoms. The van der Waals surface area contributed by atoms with E-state index in [0.717, 1.165) is 5.57 Å². The predicted octanol–water partition coefficient (Wildman–Crippen LogP) is 2.15. The summed E-state index contributed by atoms with van der Waals surface area (Å²) >= 11 is 0. The highest BCUT2D eigenvalue weighted by molar-refractivity contribution is 5.81. The Morgan fingerprint density at radius 2 is 2.00 bits per heavy atom. The molecule has 0 aromatic carbocycles. The Kier molecular flexibility index (Phi) is 4.82. The monoisotopic (exact) mass is 152 g/mol. The van der Waals surface area contributed by atoms with Crippen LogP contribution in [0.5, 0.6) is 0 Å². The van der Waals surface area contributed by atoms with Gasteiger partial charge in [-0.15, -0.1) is 0 Å². The molecule has 0 rings (SSSR count). The molecule has 0 aliphatic heterocycles. The van der Waals surface area contributed by atoms with Crippen LogP contribution in [0.25, 0.3) is 0 Å². The molecule has 0 aromatic rings. The molecular weight excluding hydrogens is 140 g/mol. The number of hydrogen-bond donors (Lipinski definition) is 1. The van der Waals surface area contributed by atoms with Crippen LogP contribution in [0.3, 0.4) is 0 Å². The molecule has 1 N–H and O–H groups in total. The lowest BCUT2D eigenvalue weighted by atomic mass is 10.2. The standard InChI is InChI=1S/C9H12O2/c1-3-4-5-6-8(2)7-9(10)11/h3-7H,1-2H3,(H,10,11)/b4-3+,6-5+,8-7-. The second-order valence-electron chi connectivity index (χ2n) is 2.11. The van der Waals surface area contributed by atoms with Gasteiger partial charge >= 0.3 is 5.97 Å². The van der Waals surface area contributed by atoms with Gasteiger partial charge in [-0.05, 0) is 19.4 Å². The van der Waals surface area contributed by atoms with Gasteiger partial charge < -0.3 is 5.11 Å². The molecule has 60 valence electrons. The molecular formula is C9H12O2. The third-order valence-electron chi connectivity index (χ3n) is 1.01. The summed E-state index contributed by atoms with van der Waals surface area (Å²) in [5, 5.41) is 8.31. The molecule has 2 heteroatoms. The zero-order valence-corrected chi connectivity index (χ0v) is 6.74. The van der Waals surface area contributed by atoms with E-state index in [0.29, 0.717) is 0 Å². The van der Waals surface area contributed by atoms with Crippen LogP contribution in [0.2, 0.25) is 0 Å². The molecule has 0 amide bonds. The Morgan fingerprint density at radius 3 is 2.45 bits per heavy atom. The van der Waals surface area contributed by atoms with E-state index in [1.54, 1.807) is 19.1 Å².